The molecular weight excluding hydrogens is 271 g/mol. The lowest BCUT2D eigenvalue weighted by molar-refractivity contribution is -0.136. The van der Waals surface area contributed by atoms with Crippen LogP contribution >= 0.6 is 0 Å². The fraction of sp³-hybridized carbons (Fsp3) is 0.571. The molecule has 0 heterocycles. The topological polar surface area (TPSA) is 30.5 Å². The van der Waals surface area contributed by atoms with Crippen LogP contribution in [0.2, 0.25) is 0 Å². The second kappa shape index (κ2) is 7.38. The van der Waals surface area contributed by atoms with E-state index in [2.05, 4.69) is 5.32 Å². The number of nitrogens with one attached hydrogen (secondary N) is 1. The van der Waals surface area contributed by atoms with E-state index in [1.54, 1.807) is 18.2 Å². The van der Waals surface area contributed by atoms with Gasteiger partial charge in [-0.05, 0) is 25.1 Å². The molecule has 0 aliphatic carbocycles. The fourth-order valence-corrected chi connectivity index (χ4v) is 2.13. The highest BCUT2D eigenvalue weighted by molar-refractivity contribution is 5.47. The summed E-state index contributed by atoms with van der Waals surface area (Å²) in [6, 6.07) is 4.71. The van der Waals surface area contributed by atoms with Crippen LogP contribution in [0.3, 0.4) is 0 Å². The van der Waals surface area contributed by atoms with E-state index in [0.717, 1.165) is 0 Å². The van der Waals surface area contributed by atoms with E-state index in [4.69, 9.17) is 9.47 Å². The molecule has 1 atom stereocenters. The lowest BCUT2D eigenvalue weighted by atomic mass is 9.99. The third-order valence-electron chi connectivity index (χ3n) is 2.98. The molecule has 114 valence electrons. The standard InChI is InChI=1S/C14H20F3NO2/c1-4-18-10(8-9-14(15,16)17)13-11(19-2)6-5-7-12(13)20-3/h5-7,10,18H,4,8-9H2,1-3H3. The van der Waals surface area contributed by atoms with Crippen molar-refractivity contribution in [2.45, 2.75) is 32.0 Å². The average Bonchev–Trinajstić information content (AvgIpc) is 2.41. The van der Waals surface area contributed by atoms with Crippen LogP contribution in [-0.4, -0.2) is 26.9 Å². The molecule has 0 aliphatic heterocycles. The van der Waals surface area contributed by atoms with Crippen molar-refractivity contribution in [3.63, 3.8) is 0 Å². The van der Waals surface area contributed by atoms with Crippen LogP contribution in [0.4, 0.5) is 13.2 Å². The van der Waals surface area contributed by atoms with Gasteiger partial charge in [0.2, 0.25) is 0 Å². The molecule has 3 nitrogen and oxygen atoms in total. The monoisotopic (exact) mass is 291 g/mol. The Hall–Kier alpha value is -1.43. The van der Waals surface area contributed by atoms with Gasteiger partial charge in [0.1, 0.15) is 11.5 Å². The summed E-state index contributed by atoms with van der Waals surface area (Å²) in [5.41, 5.74) is 0.628. The Morgan fingerprint density at radius 1 is 1.15 bits per heavy atom. The van der Waals surface area contributed by atoms with Crippen LogP contribution in [0.5, 0.6) is 11.5 Å². The molecule has 1 N–H and O–H groups in total. The molecule has 1 aromatic rings. The van der Waals surface area contributed by atoms with E-state index < -0.39 is 18.6 Å². The van der Waals surface area contributed by atoms with Gasteiger partial charge in [0.15, 0.2) is 0 Å². The lowest BCUT2D eigenvalue weighted by Crippen LogP contribution is -2.24. The Morgan fingerprint density at radius 3 is 2.10 bits per heavy atom. The minimum Gasteiger partial charge on any atom is -0.496 e. The van der Waals surface area contributed by atoms with E-state index in [-0.39, 0.29) is 6.42 Å². The maximum atomic E-state index is 12.4. The zero-order valence-corrected chi connectivity index (χ0v) is 11.9. The van der Waals surface area contributed by atoms with E-state index in [9.17, 15) is 13.2 Å². The number of alkyl halides is 3. The van der Waals surface area contributed by atoms with Crippen molar-refractivity contribution in [2.24, 2.45) is 0 Å². The SMILES string of the molecule is CCNC(CCC(F)(F)F)c1c(OC)cccc1OC. The second-order valence-corrected chi connectivity index (χ2v) is 4.34. The zero-order chi connectivity index (χ0) is 15.2. The first kappa shape index (κ1) is 16.6. The Morgan fingerprint density at radius 2 is 1.70 bits per heavy atom. The molecule has 0 saturated carbocycles. The summed E-state index contributed by atoms with van der Waals surface area (Å²) in [5, 5.41) is 3.06. The summed E-state index contributed by atoms with van der Waals surface area (Å²) in [6.07, 6.45) is -5.09. The van der Waals surface area contributed by atoms with E-state index in [0.29, 0.717) is 23.6 Å². The molecule has 6 heteroatoms. The number of halogens is 3. The van der Waals surface area contributed by atoms with Gasteiger partial charge in [0.25, 0.3) is 0 Å². The van der Waals surface area contributed by atoms with Crippen molar-refractivity contribution < 1.29 is 22.6 Å². The van der Waals surface area contributed by atoms with Gasteiger partial charge in [-0.1, -0.05) is 13.0 Å². The molecule has 0 amide bonds. The number of hydrogen-bond donors (Lipinski definition) is 1. The van der Waals surface area contributed by atoms with Crippen LogP contribution in [0, 0.1) is 0 Å². The second-order valence-electron chi connectivity index (χ2n) is 4.34. The predicted octanol–water partition coefficient (Wildman–Crippen LogP) is 3.70. The van der Waals surface area contributed by atoms with Gasteiger partial charge in [-0.15, -0.1) is 0 Å². The zero-order valence-electron chi connectivity index (χ0n) is 11.9. The van der Waals surface area contributed by atoms with Gasteiger partial charge in [0, 0.05) is 12.5 Å². The van der Waals surface area contributed by atoms with Crippen molar-refractivity contribution in [3.05, 3.63) is 23.8 Å². The third kappa shape index (κ3) is 4.59. The van der Waals surface area contributed by atoms with E-state index in [1.807, 2.05) is 6.92 Å². The summed E-state index contributed by atoms with van der Waals surface area (Å²) in [5.74, 6) is 1.05. The van der Waals surface area contributed by atoms with Gasteiger partial charge in [-0.3, -0.25) is 0 Å². The number of methoxy groups -OCH3 is 2. The first-order valence-corrected chi connectivity index (χ1v) is 6.44. The Labute approximate surface area is 117 Å². The van der Waals surface area contributed by atoms with E-state index in [1.165, 1.54) is 14.2 Å². The first-order chi connectivity index (χ1) is 9.42. The summed E-state index contributed by atoms with van der Waals surface area (Å²) in [7, 11) is 2.98. The van der Waals surface area contributed by atoms with Crippen molar-refractivity contribution in [1.29, 1.82) is 0 Å². The highest BCUT2D eigenvalue weighted by atomic mass is 19.4. The molecule has 0 fully saturated rings. The van der Waals surface area contributed by atoms with Crippen molar-refractivity contribution in [1.82, 2.24) is 5.32 Å². The molecule has 0 bridgehead atoms. The maximum Gasteiger partial charge on any atom is 0.389 e. The molecule has 0 aliphatic rings. The van der Waals surface area contributed by atoms with Crippen LogP contribution in [0.25, 0.3) is 0 Å². The molecule has 1 unspecified atom stereocenters. The van der Waals surface area contributed by atoms with Crippen LogP contribution in [0.15, 0.2) is 18.2 Å². The highest BCUT2D eigenvalue weighted by Gasteiger charge is 2.30. The van der Waals surface area contributed by atoms with Crippen molar-refractivity contribution in [2.75, 3.05) is 20.8 Å². The lowest BCUT2D eigenvalue weighted by Gasteiger charge is -2.23. The van der Waals surface area contributed by atoms with Crippen LogP contribution < -0.4 is 14.8 Å². The molecule has 0 spiro atoms. The first-order valence-electron chi connectivity index (χ1n) is 6.44. The molecule has 1 rings (SSSR count). The Kier molecular flexibility index (Phi) is 6.13. The summed E-state index contributed by atoms with van der Waals surface area (Å²) >= 11 is 0. The molecule has 0 radical (unpaired) electrons. The van der Waals surface area contributed by atoms with Gasteiger partial charge >= 0.3 is 6.18 Å². The van der Waals surface area contributed by atoms with Gasteiger partial charge in [0.05, 0.1) is 19.8 Å². The van der Waals surface area contributed by atoms with Gasteiger partial charge in [-0.2, -0.15) is 13.2 Å². The minimum atomic E-state index is -4.18. The van der Waals surface area contributed by atoms with Crippen molar-refractivity contribution >= 4 is 0 Å². The summed E-state index contributed by atoms with van der Waals surface area (Å²) in [6.45, 7) is 2.41. The molecule has 20 heavy (non-hydrogen) atoms. The molecule has 0 aromatic heterocycles. The van der Waals surface area contributed by atoms with Crippen LogP contribution in [0.1, 0.15) is 31.4 Å². The molecular formula is C14H20F3NO2. The number of rotatable bonds is 7. The normalized spacial score (nSPS) is 13.1. The average molecular weight is 291 g/mol. The number of benzene rings is 1. The van der Waals surface area contributed by atoms with Gasteiger partial charge < -0.3 is 14.8 Å². The predicted molar refractivity (Wildman–Crippen MR) is 71.3 cm³/mol. The highest BCUT2D eigenvalue weighted by Crippen LogP contribution is 2.37. The number of hydrogen-bond acceptors (Lipinski definition) is 3. The number of ether oxygens (including phenoxy) is 2. The maximum absolute atomic E-state index is 12.4. The minimum absolute atomic E-state index is 0.0614. The van der Waals surface area contributed by atoms with Gasteiger partial charge in [-0.25, -0.2) is 0 Å². The fourth-order valence-electron chi connectivity index (χ4n) is 2.13. The van der Waals surface area contributed by atoms with Crippen LogP contribution in [-0.2, 0) is 0 Å². The Balaban J connectivity index is 3.06. The molecule has 0 saturated heterocycles. The third-order valence-corrected chi connectivity index (χ3v) is 2.98. The smallest absolute Gasteiger partial charge is 0.389 e. The van der Waals surface area contributed by atoms with E-state index >= 15 is 0 Å². The largest absolute Gasteiger partial charge is 0.496 e. The quantitative estimate of drug-likeness (QED) is 0.831. The Bertz CT molecular complexity index is 399. The summed E-state index contributed by atoms with van der Waals surface area (Å²) in [4.78, 5) is 0. The van der Waals surface area contributed by atoms with Crippen molar-refractivity contribution in [3.8, 4) is 11.5 Å². The molecule has 1 aromatic carbocycles. The summed E-state index contributed by atoms with van der Waals surface area (Å²) < 4.78 is 47.8.